The number of rotatable bonds is 6. The highest BCUT2D eigenvalue weighted by Gasteiger charge is 2.34. The third kappa shape index (κ3) is 4.64. The van der Waals surface area contributed by atoms with Crippen molar-refractivity contribution >= 4 is 5.91 Å². The fourth-order valence-electron chi connectivity index (χ4n) is 2.42. The minimum Gasteiger partial charge on any atom is -0.394 e. The number of aliphatic hydroxyl groups excluding tert-OH is 1. The molecular formula is C13H26N2O2. The Hall–Kier alpha value is -0.610. The maximum absolute atomic E-state index is 11.8. The molecule has 1 aliphatic rings. The number of amides is 1. The van der Waals surface area contributed by atoms with Gasteiger partial charge in [-0.05, 0) is 51.6 Å². The molecule has 0 aromatic heterocycles. The Bertz CT molecular complexity index is 236. The van der Waals surface area contributed by atoms with Gasteiger partial charge in [0, 0.05) is 6.42 Å². The van der Waals surface area contributed by atoms with Gasteiger partial charge in [0.1, 0.15) is 0 Å². The van der Waals surface area contributed by atoms with Crippen LogP contribution in [0.4, 0.5) is 0 Å². The van der Waals surface area contributed by atoms with Crippen molar-refractivity contribution in [2.24, 2.45) is 5.92 Å². The van der Waals surface area contributed by atoms with Gasteiger partial charge in [0.25, 0.3) is 0 Å². The molecule has 0 bridgehead atoms. The van der Waals surface area contributed by atoms with Gasteiger partial charge in [0.15, 0.2) is 0 Å². The van der Waals surface area contributed by atoms with Crippen molar-refractivity contribution in [3.8, 4) is 0 Å². The lowest BCUT2D eigenvalue weighted by molar-refractivity contribution is -0.124. The van der Waals surface area contributed by atoms with E-state index in [1.165, 1.54) is 0 Å². The number of carbonyl (C=O) groups excluding carboxylic acids is 1. The third-order valence-corrected chi connectivity index (χ3v) is 3.77. The van der Waals surface area contributed by atoms with Crippen LogP contribution in [0.15, 0.2) is 0 Å². The Balaban J connectivity index is 2.37. The first-order valence-corrected chi connectivity index (χ1v) is 6.68. The molecule has 0 unspecified atom stereocenters. The van der Waals surface area contributed by atoms with Crippen LogP contribution >= 0.6 is 0 Å². The molecule has 4 heteroatoms. The maximum Gasteiger partial charge on any atom is 0.220 e. The average Bonchev–Trinajstić information content (AvgIpc) is 2.33. The Kier molecular flexibility index (Phi) is 5.92. The summed E-state index contributed by atoms with van der Waals surface area (Å²) in [7, 11) is 1.88. The normalized spacial score (nSPS) is 29.0. The van der Waals surface area contributed by atoms with Crippen molar-refractivity contribution in [3.63, 3.8) is 0 Å². The molecule has 0 heterocycles. The van der Waals surface area contributed by atoms with E-state index in [4.69, 9.17) is 0 Å². The lowest BCUT2D eigenvalue weighted by Crippen LogP contribution is -2.53. The van der Waals surface area contributed by atoms with Gasteiger partial charge in [0.05, 0.1) is 12.1 Å². The van der Waals surface area contributed by atoms with Gasteiger partial charge < -0.3 is 15.7 Å². The van der Waals surface area contributed by atoms with Crippen LogP contribution in [0.5, 0.6) is 0 Å². The predicted molar refractivity (Wildman–Crippen MR) is 68.8 cm³/mol. The van der Waals surface area contributed by atoms with Crippen molar-refractivity contribution in [1.29, 1.82) is 0 Å². The second kappa shape index (κ2) is 6.97. The molecule has 100 valence electrons. The number of hydrogen-bond acceptors (Lipinski definition) is 3. The molecule has 1 aliphatic carbocycles. The molecule has 1 fully saturated rings. The van der Waals surface area contributed by atoms with E-state index in [0.29, 0.717) is 6.42 Å². The molecule has 0 spiro atoms. The lowest BCUT2D eigenvalue weighted by Gasteiger charge is -2.38. The quantitative estimate of drug-likeness (QED) is 0.610. The van der Waals surface area contributed by atoms with Crippen molar-refractivity contribution in [2.45, 2.75) is 51.0 Å². The zero-order valence-electron chi connectivity index (χ0n) is 11.1. The lowest BCUT2D eigenvalue weighted by atomic mass is 9.77. The monoisotopic (exact) mass is 242 g/mol. The van der Waals surface area contributed by atoms with Gasteiger partial charge in [-0.25, -0.2) is 0 Å². The summed E-state index contributed by atoms with van der Waals surface area (Å²) < 4.78 is 0. The van der Waals surface area contributed by atoms with Gasteiger partial charge >= 0.3 is 0 Å². The molecule has 1 amide bonds. The van der Waals surface area contributed by atoms with E-state index in [9.17, 15) is 9.90 Å². The van der Waals surface area contributed by atoms with Gasteiger partial charge in [0.2, 0.25) is 5.91 Å². The molecule has 3 N–H and O–H groups in total. The Labute approximate surface area is 104 Å². The topological polar surface area (TPSA) is 61.4 Å². The van der Waals surface area contributed by atoms with Crippen LogP contribution in [0.2, 0.25) is 0 Å². The summed E-state index contributed by atoms with van der Waals surface area (Å²) in [6.07, 6.45) is 5.39. The minimum absolute atomic E-state index is 0.0670. The molecule has 0 atom stereocenters. The van der Waals surface area contributed by atoms with E-state index in [1.807, 2.05) is 7.05 Å². The molecule has 0 radical (unpaired) electrons. The zero-order valence-corrected chi connectivity index (χ0v) is 11.1. The molecular weight excluding hydrogens is 216 g/mol. The summed E-state index contributed by atoms with van der Waals surface area (Å²) >= 11 is 0. The predicted octanol–water partition coefficient (Wildman–Crippen LogP) is 1.04. The second-order valence-corrected chi connectivity index (χ2v) is 5.38. The zero-order chi connectivity index (χ0) is 12.7. The molecule has 4 nitrogen and oxygen atoms in total. The van der Waals surface area contributed by atoms with Crippen molar-refractivity contribution in [3.05, 3.63) is 0 Å². The first-order chi connectivity index (χ1) is 8.12. The van der Waals surface area contributed by atoms with Gasteiger partial charge in [-0.1, -0.05) is 6.92 Å². The fourth-order valence-corrected chi connectivity index (χ4v) is 2.42. The largest absolute Gasteiger partial charge is 0.394 e. The van der Waals surface area contributed by atoms with E-state index >= 15 is 0 Å². The molecule has 0 saturated heterocycles. The average molecular weight is 242 g/mol. The first kappa shape index (κ1) is 14.5. The van der Waals surface area contributed by atoms with E-state index in [-0.39, 0.29) is 18.1 Å². The van der Waals surface area contributed by atoms with Crippen LogP contribution < -0.4 is 10.6 Å². The van der Waals surface area contributed by atoms with Crippen LogP contribution in [-0.4, -0.2) is 36.8 Å². The first-order valence-electron chi connectivity index (χ1n) is 6.68. The summed E-state index contributed by atoms with van der Waals surface area (Å²) in [6, 6.07) is 0. The third-order valence-electron chi connectivity index (χ3n) is 3.77. The van der Waals surface area contributed by atoms with Crippen molar-refractivity contribution in [1.82, 2.24) is 10.6 Å². The van der Waals surface area contributed by atoms with Crippen LogP contribution in [0, 0.1) is 5.92 Å². The van der Waals surface area contributed by atoms with Crippen molar-refractivity contribution in [2.75, 3.05) is 20.2 Å². The Morgan fingerprint density at radius 3 is 2.59 bits per heavy atom. The van der Waals surface area contributed by atoms with Gasteiger partial charge in [-0.15, -0.1) is 0 Å². The summed E-state index contributed by atoms with van der Waals surface area (Å²) in [4.78, 5) is 11.8. The molecule has 0 aliphatic heterocycles. The second-order valence-electron chi connectivity index (χ2n) is 5.38. The molecule has 1 saturated carbocycles. The summed E-state index contributed by atoms with van der Waals surface area (Å²) in [5, 5.41) is 15.6. The van der Waals surface area contributed by atoms with Gasteiger partial charge in [-0.3, -0.25) is 4.79 Å². The standard InChI is InChI=1S/C13H26N2O2/c1-11-5-7-13(10-16,8-6-11)15-12(17)4-3-9-14-2/h11,14,16H,3-10H2,1-2H3,(H,15,17). The highest BCUT2D eigenvalue weighted by molar-refractivity contribution is 5.76. The maximum atomic E-state index is 11.8. The summed E-state index contributed by atoms with van der Waals surface area (Å²) in [5.74, 6) is 0.791. The Morgan fingerprint density at radius 2 is 2.06 bits per heavy atom. The van der Waals surface area contributed by atoms with E-state index in [2.05, 4.69) is 17.6 Å². The number of hydrogen-bond donors (Lipinski definition) is 3. The Morgan fingerprint density at radius 1 is 1.41 bits per heavy atom. The van der Waals surface area contributed by atoms with E-state index < -0.39 is 0 Å². The van der Waals surface area contributed by atoms with Crippen LogP contribution in [0.25, 0.3) is 0 Å². The van der Waals surface area contributed by atoms with Gasteiger partial charge in [-0.2, -0.15) is 0 Å². The van der Waals surface area contributed by atoms with E-state index in [1.54, 1.807) is 0 Å². The number of nitrogens with one attached hydrogen (secondary N) is 2. The highest BCUT2D eigenvalue weighted by Crippen LogP contribution is 2.31. The minimum atomic E-state index is -0.344. The smallest absolute Gasteiger partial charge is 0.220 e. The number of carbonyl (C=O) groups is 1. The molecule has 1 rings (SSSR count). The van der Waals surface area contributed by atoms with Crippen LogP contribution in [0.3, 0.4) is 0 Å². The molecule has 0 aromatic carbocycles. The van der Waals surface area contributed by atoms with E-state index in [0.717, 1.165) is 44.6 Å². The van der Waals surface area contributed by atoms with Crippen LogP contribution in [0.1, 0.15) is 45.4 Å². The summed E-state index contributed by atoms with van der Waals surface area (Å²) in [6.45, 7) is 3.16. The SMILES string of the molecule is CNCCCC(=O)NC1(CO)CCC(C)CC1. The highest BCUT2D eigenvalue weighted by atomic mass is 16.3. The fraction of sp³-hybridized carbons (Fsp3) is 0.923. The van der Waals surface area contributed by atoms with Crippen LogP contribution in [-0.2, 0) is 4.79 Å². The molecule has 0 aromatic rings. The molecule has 17 heavy (non-hydrogen) atoms. The number of aliphatic hydroxyl groups is 1. The van der Waals surface area contributed by atoms with Crippen molar-refractivity contribution < 1.29 is 9.90 Å². The summed E-state index contributed by atoms with van der Waals surface area (Å²) in [5.41, 5.74) is -0.344.